The number of nitrogens with zero attached hydrogens (tertiary/aromatic N) is 1. The highest BCUT2D eigenvalue weighted by Gasteiger charge is 2.42. The maximum atomic E-state index is 11.8. The average molecular weight is 291 g/mol. The van der Waals surface area contributed by atoms with E-state index in [1.54, 1.807) is 13.8 Å². The lowest BCUT2D eigenvalue weighted by atomic mass is 9.95. The molecule has 2 saturated heterocycles. The summed E-state index contributed by atoms with van der Waals surface area (Å²) in [5.74, 6) is 0.277. The molecule has 0 saturated carbocycles. The highest BCUT2D eigenvalue weighted by atomic mass is 32.2. The number of sulfone groups is 1. The number of morpholine rings is 1. The Kier molecular flexibility index (Phi) is 4.87. The summed E-state index contributed by atoms with van der Waals surface area (Å²) in [6.07, 6.45) is 1.69. The van der Waals surface area contributed by atoms with Gasteiger partial charge in [0.05, 0.1) is 36.4 Å². The van der Waals surface area contributed by atoms with Crippen molar-refractivity contribution in [2.75, 3.05) is 45.3 Å². The Hall–Kier alpha value is -0.170. The molecule has 19 heavy (non-hydrogen) atoms. The van der Waals surface area contributed by atoms with E-state index in [4.69, 9.17) is 9.47 Å². The molecule has 0 N–H and O–H groups in total. The molecular formula is C13H25NO4S. The zero-order valence-electron chi connectivity index (χ0n) is 11.9. The second kappa shape index (κ2) is 6.08. The molecule has 2 aliphatic heterocycles. The van der Waals surface area contributed by atoms with Crippen LogP contribution in [0.2, 0.25) is 0 Å². The van der Waals surface area contributed by atoms with Crippen molar-refractivity contribution in [2.45, 2.75) is 37.5 Å². The molecular weight excluding hydrogens is 266 g/mol. The first-order valence-corrected chi connectivity index (χ1v) is 8.80. The van der Waals surface area contributed by atoms with Gasteiger partial charge in [-0.1, -0.05) is 0 Å². The molecule has 1 unspecified atom stereocenters. The summed E-state index contributed by atoms with van der Waals surface area (Å²) in [6, 6.07) is 0. The molecule has 0 radical (unpaired) electrons. The van der Waals surface area contributed by atoms with Crippen LogP contribution in [0.1, 0.15) is 26.7 Å². The molecule has 0 aromatic heterocycles. The van der Waals surface area contributed by atoms with Gasteiger partial charge in [0.25, 0.3) is 0 Å². The lowest BCUT2D eigenvalue weighted by Gasteiger charge is -2.43. The second-order valence-electron chi connectivity index (χ2n) is 5.84. The first-order chi connectivity index (χ1) is 8.96. The van der Waals surface area contributed by atoms with Gasteiger partial charge in [0.15, 0.2) is 9.84 Å². The van der Waals surface area contributed by atoms with Crippen LogP contribution in [0.4, 0.5) is 0 Å². The molecule has 5 nitrogen and oxygen atoms in total. The predicted octanol–water partition coefficient (Wildman–Crippen LogP) is 0.691. The summed E-state index contributed by atoms with van der Waals surface area (Å²) in [4.78, 5) is 2.37. The van der Waals surface area contributed by atoms with E-state index < -0.39 is 9.84 Å². The van der Waals surface area contributed by atoms with Gasteiger partial charge in [-0.3, -0.25) is 4.90 Å². The molecule has 0 amide bonds. The van der Waals surface area contributed by atoms with Gasteiger partial charge >= 0.3 is 0 Å². The molecule has 0 bridgehead atoms. The fourth-order valence-corrected chi connectivity index (χ4v) is 3.77. The fraction of sp³-hybridized carbons (Fsp3) is 1.00. The number of rotatable bonds is 5. The van der Waals surface area contributed by atoms with Crippen molar-refractivity contribution >= 4 is 9.84 Å². The zero-order valence-corrected chi connectivity index (χ0v) is 12.7. The van der Waals surface area contributed by atoms with Crippen LogP contribution in [0.3, 0.4) is 0 Å². The van der Waals surface area contributed by atoms with E-state index >= 15 is 0 Å². The Labute approximate surface area is 116 Å². The van der Waals surface area contributed by atoms with Crippen LogP contribution in [0.25, 0.3) is 0 Å². The van der Waals surface area contributed by atoms with Gasteiger partial charge in [-0.05, 0) is 33.2 Å². The van der Waals surface area contributed by atoms with Crippen LogP contribution in [0.15, 0.2) is 0 Å². The van der Waals surface area contributed by atoms with Gasteiger partial charge in [0.1, 0.15) is 0 Å². The SMILES string of the molecule is CC(C)S(=O)(=O)CCCN1CCOCC12CCOC2. The summed E-state index contributed by atoms with van der Waals surface area (Å²) < 4.78 is 34.7. The zero-order chi connectivity index (χ0) is 13.9. The van der Waals surface area contributed by atoms with E-state index in [-0.39, 0.29) is 16.5 Å². The summed E-state index contributed by atoms with van der Waals surface area (Å²) in [6.45, 7) is 8.13. The first-order valence-electron chi connectivity index (χ1n) is 7.08. The standard InChI is InChI=1S/C13H25NO4S/c1-12(2)19(15,16)9-3-5-14-6-8-18-11-13(14)4-7-17-10-13/h12H,3-11H2,1-2H3. The van der Waals surface area contributed by atoms with Crippen LogP contribution in [-0.2, 0) is 19.3 Å². The lowest BCUT2D eigenvalue weighted by molar-refractivity contribution is -0.0703. The molecule has 1 atom stereocenters. The Balaban J connectivity index is 1.87. The quantitative estimate of drug-likeness (QED) is 0.746. The third-order valence-corrected chi connectivity index (χ3v) is 6.50. The summed E-state index contributed by atoms with van der Waals surface area (Å²) in [5, 5.41) is -0.277. The second-order valence-corrected chi connectivity index (χ2v) is 8.51. The van der Waals surface area contributed by atoms with Crippen LogP contribution in [-0.4, -0.2) is 69.4 Å². The Morgan fingerprint density at radius 2 is 1.89 bits per heavy atom. The highest BCUT2D eigenvalue weighted by molar-refractivity contribution is 7.91. The molecule has 0 aliphatic carbocycles. The van der Waals surface area contributed by atoms with E-state index in [0.29, 0.717) is 19.6 Å². The Morgan fingerprint density at radius 3 is 2.53 bits per heavy atom. The maximum absolute atomic E-state index is 11.8. The average Bonchev–Trinajstić information content (AvgIpc) is 2.81. The first kappa shape index (κ1) is 15.2. The van der Waals surface area contributed by atoms with Gasteiger partial charge in [-0.25, -0.2) is 8.42 Å². The van der Waals surface area contributed by atoms with Gasteiger partial charge < -0.3 is 9.47 Å². The molecule has 112 valence electrons. The summed E-state index contributed by atoms with van der Waals surface area (Å²) in [7, 11) is -2.92. The van der Waals surface area contributed by atoms with Crippen molar-refractivity contribution in [3.63, 3.8) is 0 Å². The van der Waals surface area contributed by atoms with E-state index in [0.717, 1.165) is 32.7 Å². The number of hydrogen-bond donors (Lipinski definition) is 0. The maximum Gasteiger partial charge on any atom is 0.152 e. The smallest absolute Gasteiger partial charge is 0.152 e. The van der Waals surface area contributed by atoms with E-state index in [1.165, 1.54) is 0 Å². The number of hydrogen-bond acceptors (Lipinski definition) is 5. The minimum Gasteiger partial charge on any atom is -0.379 e. The Morgan fingerprint density at radius 1 is 1.21 bits per heavy atom. The Bertz CT molecular complexity index is 387. The summed E-state index contributed by atoms with van der Waals surface area (Å²) in [5.41, 5.74) is -0.000156. The molecule has 2 rings (SSSR count). The van der Waals surface area contributed by atoms with Crippen LogP contribution >= 0.6 is 0 Å². The lowest BCUT2D eigenvalue weighted by Crippen LogP contribution is -2.57. The van der Waals surface area contributed by atoms with Crippen LogP contribution in [0, 0.1) is 0 Å². The molecule has 6 heteroatoms. The minimum absolute atomic E-state index is 0.000156. The minimum atomic E-state index is -2.92. The van der Waals surface area contributed by atoms with Crippen molar-refractivity contribution in [1.29, 1.82) is 0 Å². The van der Waals surface area contributed by atoms with Crippen molar-refractivity contribution in [1.82, 2.24) is 4.90 Å². The van der Waals surface area contributed by atoms with E-state index in [2.05, 4.69) is 4.90 Å². The normalized spacial score (nSPS) is 29.4. The van der Waals surface area contributed by atoms with Crippen LogP contribution < -0.4 is 0 Å². The molecule has 2 fully saturated rings. The van der Waals surface area contributed by atoms with Crippen molar-refractivity contribution in [3.05, 3.63) is 0 Å². The third-order valence-electron chi connectivity index (χ3n) is 4.20. The fourth-order valence-electron chi connectivity index (χ4n) is 2.77. The molecule has 2 aliphatic rings. The van der Waals surface area contributed by atoms with Crippen molar-refractivity contribution < 1.29 is 17.9 Å². The predicted molar refractivity (Wildman–Crippen MR) is 74.1 cm³/mol. The molecule has 1 spiro atoms. The van der Waals surface area contributed by atoms with E-state index in [1.807, 2.05) is 0 Å². The van der Waals surface area contributed by atoms with E-state index in [9.17, 15) is 8.42 Å². The summed E-state index contributed by atoms with van der Waals surface area (Å²) >= 11 is 0. The third kappa shape index (κ3) is 3.48. The van der Waals surface area contributed by atoms with Gasteiger partial charge in [-0.2, -0.15) is 0 Å². The molecule has 2 heterocycles. The topological polar surface area (TPSA) is 55.8 Å². The molecule has 0 aromatic carbocycles. The largest absolute Gasteiger partial charge is 0.379 e. The number of ether oxygens (including phenoxy) is 2. The van der Waals surface area contributed by atoms with Gasteiger partial charge in [0, 0.05) is 13.2 Å². The van der Waals surface area contributed by atoms with Gasteiger partial charge in [-0.15, -0.1) is 0 Å². The van der Waals surface area contributed by atoms with Gasteiger partial charge in [0.2, 0.25) is 0 Å². The van der Waals surface area contributed by atoms with Crippen molar-refractivity contribution in [3.8, 4) is 0 Å². The van der Waals surface area contributed by atoms with Crippen LogP contribution in [0.5, 0.6) is 0 Å². The molecule has 0 aromatic rings. The monoisotopic (exact) mass is 291 g/mol. The van der Waals surface area contributed by atoms with Crippen molar-refractivity contribution in [2.24, 2.45) is 0 Å². The highest BCUT2D eigenvalue weighted by Crippen LogP contribution is 2.29.